The van der Waals surface area contributed by atoms with Gasteiger partial charge in [0.15, 0.2) is 0 Å². The molecule has 1 aliphatic heterocycles. The average Bonchev–Trinajstić information content (AvgIpc) is 3.60. The smallest absolute Gasteiger partial charge is 0.0959 e. The van der Waals surface area contributed by atoms with Crippen LogP contribution < -0.4 is 5.32 Å². The maximum Gasteiger partial charge on any atom is 0.0959 e. The van der Waals surface area contributed by atoms with Crippen molar-refractivity contribution < 1.29 is 0 Å². The lowest BCUT2D eigenvalue weighted by atomic mass is 9.70. The number of nitrogens with one attached hydrogen (secondary N) is 1. The third-order valence-electron chi connectivity index (χ3n) is 8.96. The Balaban J connectivity index is 0.000000424. The highest BCUT2D eigenvalue weighted by molar-refractivity contribution is 5.56. The Bertz CT molecular complexity index is 1490. The Kier molecular flexibility index (Phi) is 9.95. The second-order valence-corrected chi connectivity index (χ2v) is 11.9. The van der Waals surface area contributed by atoms with Crippen LogP contribution in [0.4, 0.5) is 0 Å². The van der Waals surface area contributed by atoms with E-state index in [1.165, 1.54) is 33.4 Å². The topological polar surface area (TPSA) is 18.5 Å². The van der Waals surface area contributed by atoms with Crippen molar-refractivity contribution in [3.63, 3.8) is 0 Å². The number of nitrogens with zero attached hydrogens (tertiary/aromatic N) is 2. The summed E-state index contributed by atoms with van der Waals surface area (Å²) in [5.41, 5.74) is 5.70. The van der Waals surface area contributed by atoms with Crippen LogP contribution in [-0.4, -0.2) is 30.1 Å². The van der Waals surface area contributed by atoms with Gasteiger partial charge in [0.05, 0.1) is 17.7 Å². The molecule has 0 fully saturated rings. The second kappa shape index (κ2) is 14.8. The van der Waals surface area contributed by atoms with Crippen LogP contribution in [0.5, 0.6) is 0 Å². The zero-order valence-corrected chi connectivity index (χ0v) is 27.3. The van der Waals surface area contributed by atoms with Crippen molar-refractivity contribution in [2.45, 2.75) is 18.0 Å². The van der Waals surface area contributed by atoms with Gasteiger partial charge in [0.2, 0.25) is 0 Å². The molecule has 0 atom stereocenters. The van der Waals surface area contributed by atoms with Crippen molar-refractivity contribution in [1.82, 2.24) is 15.1 Å². The SMILES string of the molecule is CCN1C=CN(C)C1.c1ccc(C(NC(c2ccccc2)(c2ccccc2)c2ccccc2)(c2ccccc2)c2ccccc2)cc1. The van der Waals surface area contributed by atoms with E-state index >= 15 is 0 Å². The van der Waals surface area contributed by atoms with E-state index in [9.17, 15) is 0 Å². The minimum absolute atomic E-state index is 0.675. The van der Waals surface area contributed by atoms with E-state index in [0.717, 1.165) is 13.2 Å². The Morgan fingerprint density at radius 2 is 0.681 bits per heavy atom. The maximum absolute atomic E-state index is 4.38. The van der Waals surface area contributed by atoms with Crippen LogP contribution >= 0.6 is 0 Å². The third kappa shape index (κ3) is 6.63. The average molecular weight is 614 g/mol. The molecule has 6 aromatic rings. The van der Waals surface area contributed by atoms with Crippen LogP contribution in [0.2, 0.25) is 0 Å². The molecular weight excluding hydrogens is 571 g/mol. The molecule has 0 spiro atoms. The quantitative estimate of drug-likeness (QED) is 0.164. The summed E-state index contributed by atoms with van der Waals surface area (Å²) in [6, 6.07) is 64.9. The summed E-state index contributed by atoms with van der Waals surface area (Å²) >= 11 is 0. The molecule has 0 amide bonds. The molecule has 1 heterocycles. The Labute approximate surface area is 280 Å². The monoisotopic (exact) mass is 613 g/mol. The fourth-order valence-electron chi connectivity index (χ4n) is 6.64. The molecule has 1 aliphatic rings. The van der Waals surface area contributed by atoms with Crippen molar-refractivity contribution in [2.24, 2.45) is 0 Å². The van der Waals surface area contributed by atoms with Gasteiger partial charge in [0.25, 0.3) is 0 Å². The van der Waals surface area contributed by atoms with Gasteiger partial charge in [0.1, 0.15) is 0 Å². The maximum atomic E-state index is 4.38. The predicted octanol–water partition coefficient (Wildman–Crippen LogP) is 9.24. The van der Waals surface area contributed by atoms with Gasteiger partial charge in [-0.05, 0) is 40.3 Å². The summed E-state index contributed by atoms with van der Waals surface area (Å²) < 4.78 is 0. The van der Waals surface area contributed by atoms with Crippen molar-refractivity contribution in [3.8, 4) is 0 Å². The van der Waals surface area contributed by atoms with Gasteiger partial charge in [-0.3, -0.25) is 5.32 Å². The van der Waals surface area contributed by atoms with Gasteiger partial charge in [-0.1, -0.05) is 182 Å². The fraction of sp³-hybridized carbons (Fsp3) is 0.136. The van der Waals surface area contributed by atoms with Gasteiger partial charge in [0, 0.05) is 26.0 Å². The number of hydrogen-bond donors (Lipinski definition) is 1. The van der Waals surface area contributed by atoms with Gasteiger partial charge in [-0.25, -0.2) is 0 Å². The molecule has 6 aromatic carbocycles. The van der Waals surface area contributed by atoms with Crippen molar-refractivity contribution in [1.29, 1.82) is 0 Å². The summed E-state index contributed by atoms with van der Waals surface area (Å²) in [6.07, 6.45) is 4.20. The van der Waals surface area contributed by atoms with E-state index in [0.29, 0.717) is 0 Å². The van der Waals surface area contributed by atoms with Crippen LogP contribution in [0.3, 0.4) is 0 Å². The number of rotatable bonds is 9. The summed E-state index contributed by atoms with van der Waals surface area (Å²) in [7, 11) is 2.08. The number of hydrogen-bond acceptors (Lipinski definition) is 3. The summed E-state index contributed by atoms with van der Waals surface area (Å²) in [6.45, 7) is 4.32. The van der Waals surface area contributed by atoms with Crippen molar-refractivity contribution in [2.75, 3.05) is 20.3 Å². The van der Waals surface area contributed by atoms with E-state index in [1.54, 1.807) is 0 Å². The van der Waals surface area contributed by atoms with Gasteiger partial charge < -0.3 is 9.80 Å². The second-order valence-electron chi connectivity index (χ2n) is 11.9. The van der Waals surface area contributed by atoms with Crippen LogP contribution in [0.25, 0.3) is 0 Å². The Morgan fingerprint density at radius 1 is 0.426 bits per heavy atom. The lowest BCUT2D eigenvalue weighted by Gasteiger charge is -2.47. The van der Waals surface area contributed by atoms with Crippen molar-refractivity contribution >= 4 is 0 Å². The minimum Gasteiger partial charge on any atom is -0.362 e. The van der Waals surface area contributed by atoms with Gasteiger partial charge >= 0.3 is 0 Å². The molecular formula is C44H43N3. The minimum atomic E-state index is -0.675. The lowest BCUT2D eigenvalue weighted by Crippen LogP contribution is -2.57. The summed E-state index contributed by atoms with van der Waals surface area (Å²) in [5, 5.41) is 4.38. The highest BCUT2D eigenvalue weighted by Gasteiger charge is 2.46. The summed E-state index contributed by atoms with van der Waals surface area (Å²) in [5.74, 6) is 0. The Morgan fingerprint density at radius 3 is 0.851 bits per heavy atom. The third-order valence-corrected chi connectivity index (χ3v) is 8.96. The molecule has 1 N–H and O–H groups in total. The van der Waals surface area contributed by atoms with E-state index in [1.807, 2.05) is 0 Å². The number of benzene rings is 6. The van der Waals surface area contributed by atoms with Crippen LogP contribution in [0, 0.1) is 0 Å². The molecule has 0 radical (unpaired) electrons. The van der Waals surface area contributed by atoms with Crippen LogP contribution in [-0.2, 0) is 11.1 Å². The zero-order chi connectivity index (χ0) is 32.4. The molecule has 234 valence electrons. The Hall–Kier alpha value is -5.38. The molecule has 0 saturated carbocycles. The van der Waals surface area contributed by atoms with E-state index < -0.39 is 11.1 Å². The first-order valence-corrected chi connectivity index (χ1v) is 16.4. The molecule has 0 unspecified atom stereocenters. The molecule has 0 bridgehead atoms. The first-order chi connectivity index (χ1) is 23.2. The standard InChI is InChI=1S/C38H31N.C6H12N2/c1-7-19-31(20-8-1)37(32-21-9-2-10-22-32,33-23-11-3-12-24-33)39-38(34-25-13-4-14-26-34,35-27-15-5-16-28-35)36-29-17-6-18-30-36;1-3-8-5-4-7(2)6-8/h1-30,39H;4-5H,3,6H2,1-2H3. The van der Waals surface area contributed by atoms with Crippen LogP contribution in [0.15, 0.2) is 194 Å². The van der Waals surface area contributed by atoms with E-state index in [2.05, 4.69) is 223 Å². The van der Waals surface area contributed by atoms with E-state index in [-0.39, 0.29) is 0 Å². The lowest BCUT2D eigenvalue weighted by molar-refractivity contribution is 0.308. The molecule has 3 heteroatoms. The highest BCUT2D eigenvalue weighted by atomic mass is 15.3. The molecule has 0 aliphatic carbocycles. The normalized spacial score (nSPS) is 12.8. The molecule has 3 nitrogen and oxygen atoms in total. The van der Waals surface area contributed by atoms with Gasteiger partial charge in [-0.15, -0.1) is 0 Å². The molecule has 7 rings (SSSR count). The first kappa shape index (κ1) is 31.6. The largest absolute Gasteiger partial charge is 0.362 e. The highest BCUT2D eigenvalue weighted by Crippen LogP contribution is 2.45. The van der Waals surface area contributed by atoms with Crippen molar-refractivity contribution in [3.05, 3.63) is 228 Å². The fourth-order valence-corrected chi connectivity index (χ4v) is 6.64. The molecule has 47 heavy (non-hydrogen) atoms. The zero-order valence-electron chi connectivity index (χ0n) is 27.3. The first-order valence-electron chi connectivity index (χ1n) is 16.4. The predicted molar refractivity (Wildman–Crippen MR) is 196 cm³/mol. The summed E-state index contributed by atoms with van der Waals surface area (Å²) in [4.78, 5) is 4.41. The van der Waals surface area contributed by atoms with Gasteiger partial charge in [-0.2, -0.15) is 0 Å². The van der Waals surface area contributed by atoms with Crippen LogP contribution in [0.1, 0.15) is 40.3 Å². The molecule has 0 aromatic heterocycles. The van der Waals surface area contributed by atoms with E-state index in [4.69, 9.17) is 0 Å². The molecule has 0 saturated heterocycles.